The van der Waals surface area contributed by atoms with Gasteiger partial charge in [0.1, 0.15) is 6.04 Å². The van der Waals surface area contributed by atoms with E-state index in [2.05, 4.69) is 0 Å². The van der Waals surface area contributed by atoms with Gasteiger partial charge in [-0.15, -0.1) is 11.6 Å². The van der Waals surface area contributed by atoms with Gasteiger partial charge in [-0.1, -0.05) is 6.42 Å². The van der Waals surface area contributed by atoms with Gasteiger partial charge in [0.05, 0.1) is 19.6 Å². The first kappa shape index (κ1) is 18.9. The zero-order chi connectivity index (χ0) is 16.9. The maximum Gasteiger partial charge on any atom is 0.117 e. The lowest BCUT2D eigenvalue weighted by Crippen LogP contribution is -3.13. The van der Waals surface area contributed by atoms with E-state index < -0.39 is 5.23 Å². The average molecular weight is 360 g/mol. The summed E-state index contributed by atoms with van der Waals surface area (Å²) in [6, 6.07) is -0.0613. The van der Waals surface area contributed by atoms with E-state index in [4.69, 9.17) is 16.8 Å². The maximum absolute atomic E-state index is 11.1. The molecule has 3 atom stereocenters. The van der Waals surface area contributed by atoms with E-state index in [-0.39, 0.29) is 6.04 Å². The average Bonchev–Trinajstić information content (AvgIpc) is 2.57. The van der Waals surface area contributed by atoms with Crippen molar-refractivity contribution in [3.63, 3.8) is 0 Å². The molecule has 3 fully saturated rings. The van der Waals surface area contributed by atoms with Crippen LogP contribution in [0.4, 0.5) is 0 Å². The Morgan fingerprint density at radius 2 is 1.58 bits per heavy atom. The Morgan fingerprint density at radius 1 is 0.917 bits per heavy atom. The molecule has 0 aromatic heterocycles. The molecule has 3 rings (SSSR count). The van der Waals surface area contributed by atoms with Crippen LogP contribution in [-0.4, -0.2) is 36.3 Å². The zero-order valence-corrected chi connectivity index (χ0v) is 15.8. The molecule has 1 aliphatic heterocycles. The SMILES string of the molecule is [O-][NH+](O)C1CCC(CC2CC[NH+](CC3CCCC(Cl)C3)CC2)CC1. The molecule has 24 heavy (non-hydrogen) atoms. The fourth-order valence-corrected chi connectivity index (χ4v) is 5.87. The van der Waals surface area contributed by atoms with E-state index in [0.29, 0.717) is 5.38 Å². The minimum absolute atomic E-state index is 0.0613. The first-order chi connectivity index (χ1) is 11.6. The lowest BCUT2D eigenvalue weighted by Gasteiger charge is -2.36. The lowest BCUT2D eigenvalue weighted by molar-refractivity contribution is -1.07. The van der Waals surface area contributed by atoms with E-state index in [1.807, 2.05) is 4.90 Å². The second-order valence-corrected chi connectivity index (χ2v) is 9.44. The molecule has 2 saturated carbocycles. The summed E-state index contributed by atoms with van der Waals surface area (Å²) in [4.78, 5) is 1.82. The molecule has 2 aliphatic carbocycles. The molecule has 3 unspecified atom stereocenters. The summed E-state index contributed by atoms with van der Waals surface area (Å²) in [5, 5.41) is 20.0. The third-order valence-electron chi connectivity index (χ3n) is 6.97. The molecule has 0 aromatic rings. The Balaban J connectivity index is 1.32. The molecule has 0 amide bonds. The van der Waals surface area contributed by atoms with Crippen molar-refractivity contribution in [2.24, 2.45) is 17.8 Å². The summed E-state index contributed by atoms with van der Waals surface area (Å²) in [7, 11) is 0. The molecule has 0 bridgehead atoms. The molecule has 0 radical (unpaired) electrons. The van der Waals surface area contributed by atoms with Gasteiger partial charge in [0.25, 0.3) is 0 Å². The molecular formula is C19H36ClN2O2+. The first-order valence-electron chi connectivity index (χ1n) is 10.3. The van der Waals surface area contributed by atoms with Crippen molar-refractivity contribution in [1.82, 2.24) is 0 Å². The van der Waals surface area contributed by atoms with Crippen molar-refractivity contribution in [1.29, 1.82) is 0 Å². The number of nitrogens with one attached hydrogen (secondary N) is 2. The van der Waals surface area contributed by atoms with Crippen LogP contribution in [0.1, 0.15) is 70.6 Å². The highest BCUT2D eigenvalue weighted by Crippen LogP contribution is 2.31. The van der Waals surface area contributed by atoms with Crippen LogP contribution in [0.3, 0.4) is 0 Å². The van der Waals surface area contributed by atoms with Crippen LogP contribution in [0, 0.1) is 23.0 Å². The second kappa shape index (κ2) is 9.18. The van der Waals surface area contributed by atoms with E-state index in [1.165, 1.54) is 64.6 Å². The number of alkyl halides is 1. The Kier molecular flexibility index (Phi) is 7.23. The molecule has 0 aromatic carbocycles. The van der Waals surface area contributed by atoms with Crippen molar-refractivity contribution < 1.29 is 15.3 Å². The van der Waals surface area contributed by atoms with Gasteiger partial charge in [-0.2, -0.15) is 0 Å². The summed E-state index contributed by atoms with van der Waals surface area (Å²) < 4.78 is 0. The smallest absolute Gasteiger partial charge is 0.117 e. The molecule has 1 heterocycles. The number of likely N-dealkylation sites (tertiary alicyclic amines) is 1. The topological polar surface area (TPSA) is 52.2 Å². The molecule has 4 nitrogen and oxygen atoms in total. The molecule has 140 valence electrons. The number of quaternary nitrogens is 2. The van der Waals surface area contributed by atoms with Gasteiger partial charge in [0.15, 0.2) is 0 Å². The Labute approximate surface area is 152 Å². The third-order valence-corrected chi connectivity index (χ3v) is 7.37. The Bertz CT molecular complexity index is 366. The van der Waals surface area contributed by atoms with Crippen LogP contribution in [0.15, 0.2) is 0 Å². The third kappa shape index (κ3) is 5.57. The van der Waals surface area contributed by atoms with Crippen molar-refractivity contribution in [2.45, 2.75) is 82.0 Å². The minimum atomic E-state index is -0.577. The number of halogens is 1. The molecule has 1 saturated heterocycles. The summed E-state index contributed by atoms with van der Waals surface area (Å²) in [5.74, 6) is 2.55. The van der Waals surface area contributed by atoms with Crippen LogP contribution in [-0.2, 0) is 0 Å². The summed E-state index contributed by atoms with van der Waals surface area (Å²) >= 11 is 6.34. The minimum Gasteiger partial charge on any atom is -0.600 e. The van der Waals surface area contributed by atoms with Crippen molar-refractivity contribution in [3.05, 3.63) is 5.21 Å². The largest absolute Gasteiger partial charge is 0.600 e. The standard InChI is InChI=1S/C19H35ClN2O2/c20-18-3-1-2-17(13-18)14-21-10-8-16(9-11-21)12-15-4-6-19(7-5-15)22(23)24/h15-19,22-23H,1-14H2/p+1. The molecule has 5 heteroatoms. The van der Waals surface area contributed by atoms with E-state index in [9.17, 15) is 5.21 Å². The van der Waals surface area contributed by atoms with Gasteiger partial charge in [-0.25, -0.2) is 10.4 Å². The van der Waals surface area contributed by atoms with Gasteiger partial charge < -0.3 is 10.1 Å². The fourth-order valence-electron chi connectivity index (χ4n) is 5.46. The van der Waals surface area contributed by atoms with Crippen molar-refractivity contribution >= 4 is 11.6 Å². The van der Waals surface area contributed by atoms with E-state index >= 15 is 0 Å². The number of hydrogen-bond acceptors (Lipinski definition) is 2. The normalized spacial score (nSPS) is 42.6. The number of hydroxylamine groups is 2. The summed E-state index contributed by atoms with van der Waals surface area (Å²) in [5.41, 5.74) is 0. The quantitative estimate of drug-likeness (QED) is 0.518. The van der Waals surface area contributed by atoms with Gasteiger partial charge in [-0.3, -0.25) is 0 Å². The van der Waals surface area contributed by atoms with Crippen molar-refractivity contribution in [3.8, 4) is 0 Å². The number of rotatable bonds is 5. The summed E-state index contributed by atoms with van der Waals surface area (Å²) in [6.45, 7) is 4.04. The highest BCUT2D eigenvalue weighted by atomic mass is 35.5. The predicted molar refractivity (Wildman–Crippen MR) is 96.4 cm³/mol. The van der Waals surface area contributed by atoms with Gasteiger partial charge in [0, 0.05) is 24.1 Å². The second-order valence-electron chi connectivity index (χ2n) is 8.82. The first-order valence-corrected chi connectivity index (χ1v) is 10.7. The van der Waals surface area contributed by atoms with Crippen LogP contribution < -0.4 is 10.1 Å². The van der Waals surface area contributed by atoms with Gasteiger partial charge in [0.2, 0.25) is 0 Å². The van der Waals surface area contributed by atoms with Gasteiger partial charge in [-0.05, 0) is 63.2 Å². The zero-order valence-electron chi connectivity index (χ0n) is 15.0. The van der Waals surface area contributed by atoms with Gasteiger partial charge >= 0.3 is 0 Å². The molecule has 0 spiro atoms. The highest BCUT2D eigenvalue weighted by Gasteiger charge is 2.31. The predicted octanol–water partition coefficient (Wildman–Crippen LogP) is 1.80. The van der Waals surface area contributed by atoms with Crippen LogP contribution >= 0.6 is 11.6 Å². The number of hydrogen-bond donors (Lipinski definition) is 3. The lowest BCUT2D eigenvalue weighted by atomic mass is 9.78. The monoisotopic (exact) mass is 359 g/mol. The Hall–Kier alpha value is 0.130. The maximum atomic E-state index is 11.1. The van der Waals surface area contributed by atoms with E-state index in [0.717, 1.165) is 43.4 Å². The molecule has 3 aliphatic rings. The van der Waals surface area contributed by atoms with Crippen LogP contribution in [0.5, 0.6) is 0 Å². The number of piperidine rings is 1. The fraction of sp³-hybridized carbons (Fsp3) is 1.00. The van der Waals surface area contributed by atoms with Crippen LogP contribution in [0.25, 0.3) is 0 Å². The summed E-state index contributed by atoms with van der Waals surface area (Å²) in [6.07, 6.45) is 13.4. The van der Waals surface area contributed by atoms with E-state index in [1.54, 1.807) is 0 Å². The van der Waals surface area contributed by atoms with Crippen molar-refractivity contribution in [2.75, 3.05) is 19.6 Å². The highest BCUT2D eigenvalue weighted by molar-refractivity contribution is 6.20. The van der Waals surface area contributed by atoms with Crippen LogP contribution in [0.2, 0.25) is 0 Å². The molecular weight excluding hydrogens is 324 g/mol. The Morgan fingerprint density at radius 3 is 2.21 bits per heavy atom. The molecule has 3 N–H and O–H groups in total.